The molecule has 166 valence electrons. The van der Waals surface area contributed by atoms with Gasteiger partial charge in [0.05, 0.1) is 20.3 Å². The lowest BCUT2D eigenvalue weighted by Gasteiger charge is -2.33. The monoisotopic (exact) mass is 438 g/mol. The van der Waals surface area contributed by atoms with E-state index in [1.807, 2.05) is 19.2 Å². The van der Waals surface area contributed by atoms with Crippen molar-refractivity contribution in [1.82, 2.24) is 10.2 Å². The maximum Gasteiger partial charge on any atom is 0.328 e. The summed E-state index contributed by atoms with van der Waals surface area (Å²) >= 11 is 1.60. The number of thioether (sulfide) groups is 1. The molecular weight excluding hydrogens is 408 g/mol. The number of morpholine rings is 1. The molecule has 8 nitrogen and oxygen atoms in total. The molecule has 1 N–H and O–H groups in total. The largest absolute Gasteiger partial charge is 0.491 e. The van der Waals surface area contributed by atoms with Crippen LogP contribution < -0.4 is 10.1 Å². The Bertz CT molecular complexity index is 757. The molecule has 1 aromatic rings. The standard InChI is InChI=1S/C21H30N2O6S/c1-14-11-16(5-6-18(14)15(2)24)29-13-17-12-23(8-9-28-17)21(26)22-19(7-10-30-4)20(25)27-3/h5-6,11,17,19H,7-10,12-13H2,1-4H3,(H,22,26). The molecule has 0 aromatic heterocycles. The quantitative estimate of drug-likeness (QED) is 0.467. The number of benzene rings is 1. The number of hydrogen-bond donors (Lipinski definition) is 1. The normalized spacial score (nSPS) is 17.2. The fraction of sp³-hybridized carbons (Fsp3) is 0.571. The van der Waals surface area contributed by atoms with Crippen LogP contribution in [0.15, 0.2) is 18.2 Å². The summed E-state index contributed by atoms with van der Waals surface area (Å²) in [6, 6.07) is 4.33. The highest BCUT2D eigenvalue weighted by atomic mass is 32.2. The van der Waals surface area contributed by atoms with Crippen LogP contribution in [-0.4, -0.2) is 80.3 Å². The molecule has 9 heteroatoms. The van der Waals surface area contributed by atoms with E-state index in [1.165, 1.54) is 14.0 Å². The highest BCUT2D eigenvalue weighted by Crippen LogP contribution is 2.19. The number of rotatable bonds is 9. The molecule has 1 aromatic carbocycles. The predicted octanol–water partition coefficient (Wildman–Crippen LogP) is 2.28. The predicted molar refractivity (Wildman–Crippen MR) is 115 cm³/mol. The maximum atomic E-state index is 12.6. The second-order valence-corrected chi connectivity index (χ2v) is 8.08. The number of Topliss-reactive ketones (excluding diaryl/α,β-unsaturated/α-hetero) is 1. The van der Waals surface area contributed by atoms with Crippen molar-refractivity contribution >= 4 is 29.5 Å². The van der Waals surface area contributed by atoms with E-state index in [0.29, 0.717) is 37.4 Å². The van der Waals surface area contributed by atoms with E-state index in [0.717, 1.165) is 11.3 Å². The van der Waals surface area contributed by atoms with Crippen molar-refractivity contribution < 1.29 is 28.6 Å². The Morgan fingerprint density at radius 3 is 2.77 bits per heavy atom. The molecule has 2 amide bonds. The summed E-state index contributed by atoms with van der Waals surface area (Å²) in [5.74, 6) is 0.945. The third-order valence-electron chi connectivity index (χ3n) is 4.83. The van der Waals surface area contributed by atoms with E-state index in [2.05, 4.69) is 5.32 Å². The van der Waals surface area contributed by atoms with Crippen LogP contribution >= 0.6 is 11.8 Å². The first-order valence-corrected chi connectivity index (χ1v) is 11.2. The van der Waals surface area contributed by atoms with Crippen LogP contribution in [0.4, 0.5) is 4.79 Å². The summed E-state index contributed by atoms with van der Waals surface area (Å²) in [4.78, 5) is 37.7. The molecule has 1 heterocycles. The lowest BCUT2D eigenvalue weighted by molar-refractivity contribution is -0.143. The van der Waals surface area contributed by atoms with Crippen LogP contribution in [0.5, 0.6) is 5.75 Å². The maximum absolute atomic E-state index is 12.6. The van der Waals surface area contributed by atoms with Gasteiger partial charge in [-0.1, -0.05) is 0 Å². The number of hydrogen-bond acceptors (Lipinski definition) is 7. The van der Waals surface area contributed by atoms with Crippen molar-refractivity contribution in [1.29, 1.82) is 0 Å². The van der Waals surface area contributed by atoms with Crippen LogP contribution in [0.2, 0.25) is 0 Å². The molecule has 0 radical (unpaired) electrons. The molecule has 0 spiro atoms. The van der Waals surface area contributed by atoms with Crippen molar-refractivity contribution in [3.8, 4) is 5.75 Å². The van der Waals surface area contributed by atoms with Crippen LogP contribution in [-0.2, 0) is 14.3 Å². The molecular formula is C21H30N2O6S. The van der Waals surface area contributed by atoms with E-state index < -0.39 is 12.0 Å². The number of carbonyl (C=O) groups excluding carboxylic acids is 3. The first-order valence-electron chi connectivity index (χ1n) is 9.84. The first kappa shape index (κ1) is 24.0. The lowest BCUT2D eigenvalue weighted by atomic mass is 10.1. The van der Waals surface area contributed by atoms with Gasteiger partial charge in [-0.15, -0.1) is 0 Å². The average molecular weight is 439 g/mol. The fourth-order valence-electron chi connectivity index (χ4n) is 3.18. The molecule has 2 atom stereocenters. The van der Waals surface area contributed by atoms with Gasteiger partial charge in [0.1, 0.15) is 24.5 Å². The van der Waals surface area contributed by atoms with Gasteiger partial charge in [-0.2, -0.15) is 11.8 Å². The van der Waals surface area contributed by atoms with Crippen molar-refractivity contribution in [3.63, 3.8) is 0 Å². The lowest BCUT2D eigenvalue weighted by Crippen LogP contribution is -2.54. The van der Waals surface area contributed by atoms with E-state index in [1.54, 1.807) is 28.8 Å². The molecule has 1 saturated heterocycles. The number of urea groups is 1. The summed E-state index contributed by atoms with van der Waals surface area (Å²) in [5, 5.41) is 2.76. The van der Waals surface area contributed by atoms with Gasteiger partial charge in [0, 0.05) is 12.1 Å². The van der Waals surface area contributed by atoms with Gasteiger partial charge in [-0.25, -0.2) is 9.59 Å². The third kappa shape index (κ3) is 6.91. The number of aryl methyl sites for hydroxylation is 1. The topological polar surface area (TPSA) is 94.2 Å². The number of ketones is 1. The Morgan fingerprint density at radius 1 is 1.37 bits per heavy atom. The van der Waals surface area contributed by atoms with Gasteiger partial charge < -0.3 is 24.4 Å². The van der Waals surface area contributed by atoms with Crippen molar-refractivity contribution in [2.45, 2.75) is 32.4 Å². The first-order chi connectivity index (χ1) is 14.3. The average Bonchev–Trinajstić information content (AvgIpc) is 2.74. The number of carbonyl (C=O) groups is 3. The van der Waals surface area contributed by atoms with Crippen LogP contribution in [0.25, 0.3) is 0 Å². The van der Waals surface area contributed by atoms with Gasteiger partial charge in [0.15, 0.2) is 5.78 Å². The minimum Gasteiger partial charge on any atom is -0.491 e. The fourth-order valence-corrected chi connectivity index (χ4v) is 3.65. The molecule has 1 aliphatic heterocycles. The highest BCUT2D eigenvalue weighted by Gasteiger charge is 2.28. The van der Waals surface area contributed by atoms with Gasteiger partial charge in [-0.3, -0.25) is 4.79 Å². The number of nitrogens with one attached hydrogen (secondary N) is 1. The molecule has 30 heavy (non-hydrogen) atoms. The van der Waals surface area contributed by atoms with E-state index in [4.69, 9.17) is 14.2 Å². The molecule has 0 saturated carbocycles. The van der Waals surface area contributed by atoms with Gasteiger partial charge in [-0.05, 0) is 56.0 Å². The number of amides is 2. The van der Waals surface area contributed by atoms with E-state index in [9.17, 15) is 14.4 Å². The summed E-state index contributed by atoms with van der Waals surface area (Å²) < 4.78 is 16.3. The second-order valence-electron chi connectivity index (χ2n) is 7.09. The number of methoxy groups -OCH3 is 1. The van der Waals surface area contributed by atoms with Gasteiger partial charge in [0.25, 0.3) is 0 Å². The Balaban J connectivity index is 1.89. The Labute approximate surface area is 181 Å². The highest BCUT2D eigenvalue weighted by molar-refractivity contribution is 7.98. The number of esters is 1. The van der Waals surface area contributed by atoms with Crippen molar-refractivity contribution in [2.24, 2.45) is 0 Å². The SMILES string of the molecule is COC(=O)C(CCSC)NC(=O)N1CCOC(COc2ccc(C(C)=O)c(C)c2)C1. The smallest absolute Gasteiger partial charge is 0.328 e. The number of ether oxygens (including phenoxy) is 3. The molecule has 0 aliphatic carbocycles. The Hall–Kier alpha value is -2.26. The zero-order valence-electron chi connectivity index (χ0n) is 17.9. The molecule has 2 rings (SSSR count). The summed E-state index contributed by atoms with van der Waals surface area (Å²) in [6.45, 7) is 4.84. The Morgan fingerprint density at radius 2 is 2.13 bits per heavy atom. The van der Waals surface area contributed by atoms with Crippen molar-refractivity contribution in [3.05, 3.63) is 29.3 Å². The minimum atomic E-state index is -0.671. The zero-order valence-corrected chi connectivity index (χ0v) is 18.8. The minimum absolute atomic E-state index is 0.0131. The summed E-state index contributed by atoms with van der Waals surface area (Å²) in [5.41, 5.74) is 1.52. The number of nitrogens with zero attached hydrogens (tertiary/aromatic N) is 1. The second kappa shape index (κ2) is 11.8. The molecule has 2 unspecified atom stereocenters. The van der Waals surface area contributed by atoms with E-state index >= 15 is 0 Å². The molecule has 1 aliphatic rings. The van der Waals surface area contributed by atoms with Crippen molar-refractivity contribution in [2.75, 3.05) is 45.4 Å². The zero-order chi connectivity index (χ0) is 22.1. The third-order valence-corrected chi connectivity index (χ3v) is 5.48. The van der Waals surface area contributed by atoms with Crippen LogP contribution in [0, 0.1) is 6.92 Å². The van der Waals surface area contributed by atoms with Crippen LogP contribution in [0.1, 0.15) is 29.3 Å². The van der Waals surface area contributed by atoms with E-state index in [-0.39, 0.29) is 24.5 Å². The van der Waals surface area contributed by atoms with Gasteiger partial charge >= 0.3 is 12.0 Å². The summed E-state index contributed by atoms with van der Waals surface area (Å²) in [7, 11) is 1.31. The van der Waals surface area contributed by atoms with Crippen LogP contribution in [0.3, 0.4) is 0 Å². The molecule has 1 fully saturated rings. The molecule has 0 bridgehead atoms. The Kier molecular flexibility index (Phi) is 9.45. The van der Waals surface area contributed by atoms with Gasteiger partial charge in [0.2, 0.25) is 0 Å². The summed E-state index contributed by atoms with van der Waals surface area (Å²) in [6.07, 6.45) is 2.16.